The van der Waals surface area contributed by atoms with E-state index in [1.807, 2.05) is 13.8 Å². The van der Waals surface area contributed by atoms with Crippen molar-refractivity contribution in [3.63, 3.8) is 0 Å². The first-order valence-electron chi connectivity index (χ1n) is 7.26. The number of carbonyl (C=O) groups is 2. The van der Waals surface area contributed by atoms with Gasteiger partial charge in [-0.1, -0.05) is 23.2 Å². The zero-order valence-electron chi connectivity index (χ0n) is 13.0. The molecule has 0 heterocycles. The molecule has 7 heteroatoms. The Morgan fingerprint density at radius 2 is 1.95 bits per heavy atom. The molecule has 0 saturated carbocycles. The van der Waals surface area contributed by atoms with Crippen LogP contribution in [0, 0.1) is 0 Å². The summed E-state index contributed by atoms with van der Waals surface area (Å²) in [5.74, 6) is -0.256. The van der Waals surface area contributed by atoms with E-state index in [2.05, 4.69) is 10.6 Å². The van der Waals surface area contributed by atoms with Gasteiger partial charge in [0.25, 0.3) is 11.8 Å². The molecule has 3 N–H and O–H groups in total. The molecule has 5 nitrogen and oxygen atoms in total. The summed E-state index contributed by atoms with van der Waals surface area (Å²) in [4.78, 5) is 24.9. The van der Waals surface area contributed by atoms with Gasteiger partial charge in [0.1, 0.15) is 0 Å². The number of carbonyl (C=O) groups excluding carboxylic acids is 2. The third kappa shape index (κ3) is 5.48. The molecule has 2 atom stereocenters. The van der Waals surface area contributed by atoms with Gasteiger partial charge in [0.05, 0.1) is 17.3 Å². The summed E-state index contributed by atoms with van der Waals surface area (Å²) in [5.41, 5.74) is 0.511. The lowest BCUT2D eigenvalue weighted by Crippen LogP contribution is -3.17. The van der Waals surface area contributed by atoms with Gasteiger partial charge in [0.2, 0.25) is 0 Å². The van der Waals surface area contributed by atoms with Gasteiger partial charge in [-0.15, -0.1) is 0 Å². The maximum Gasteiger partial charge on any atom is 0.282 e. The Balaban J connectivity index is 2.71. The second-order valence-electron chi connectivity index (χ2n) is 4.98. The Hall–Kier alpha value is -1.30. The van der Waals surface area contributed by atoms with E-state index in [9.17, 15) is 9.59 Å². The summed E-state index contributed by atoms with van der Waals surface area (Å²) in [7, 11) is 0. The highest BCUT2D eigenvalue weighted by Gasteiger charge is 2.26. The zero-order chi connectivity index (χ0) is 16.7. The third-order valence-corrected chi connectivity index (χ3v) is 3.96. The van der Waals surface area contributed by atoms with Crippen LogP contribution < -0.4 is 15.5 Å². The molecule has 1 aromatic rings. The van der Waals surface area contributed by atoms with Gasteiger partial charge in [-0.25, -0.2) is 0 Å². The number of hydrogen-bond acceptors (Lipinski definition) is 2. The van der Waals surface area contributed by atoms with Gasteiger partial charge >= 0.3 is 0 Å². The molecule has 1 rings (SSSR count). The summed E-state index contributed by atoms with van der Waals surface area (Å²) < 4.78 is 0. The highest BCUT2D eigenvalue weighted by molar-refractivity contribution is 6.36. The summed E-state index contributed by atoms with van der Waals surface area (Å²) in [5, 5.41) is 6.41. The minimum atomic E-state index is -0.376. The van der Waals surface area contributed by atoms with Crippen LogP contribution in [0.15, 0.2) is 18.2 Å². The van der Waals surface area contributed by atoms with Crippen LogP contribution in [-0.2, 0) is 9.59 Å². The molecule has 0 bridgehead atoms. The Bertz CT molecular complexity index is 538. The van der Waals surface area contributed by atoms with Crippen LogP contribution in [0.2, 0.25) is 10.0 Å². The summed E-state index contributed by atoms with van der Waals surface area (Å²) in [6.07, 6.45) is 0. The minimum absolute atomic E-state index is 0.0662. The molecular weight excluding hydrogens is 325 g/mol. The molecule has 122 valence electrons. The average molecular weight is 347 g/mol. The van der Waals surface area contributed by atoms with Crippen molar-refractivity contribution in [2.75, 3.05) is 25.0 Å². The number of likely N-dealkylation sites (N-methyl/N-ethyl adjacent to an activating group) is 2. The largest absolute Gasteiger partial charge is 0.351 e. The highest BCUT2D eigenvalue weighted by Crippen LogP contribution is 2.25. The summed E-state index contributed by atoms with van der Waals surface area (Å²) in [6, 6.07) is 4.51. The van der Waals surface area contributed by atoms with Crippen molar-refractivity contribution in [3.8, 4) is 0 Å². The van der Waals surface area contributed by atoms with E-state index >= 15 is 0 Å². The number of anilines is 1. The maximum atomic E-state index is 12.3. The predicted molar refractivity (Wildman–Crippen MR) is 89.6 cm³/mol. The SMILES string of the molecule is CCNC(=O)C[NH+](CC)[C@H](C)C(=O)Nc1ccc(Cl)cc1Cl. The molecule has 2 amide bonds. The summed E-state index contributed by atoms with van der Waals surface area (Å²) >= 11 is 11.9. The van der Waals surface area contributed by atoms with Gasteiger partial charge in [0, 0.05) is 11.6 Å². The molecule has 0 aromatic heterocycles. The van der Waals surface area contributed by atoms with Crippen LogP contribution in [0.3, 0.4) is 0 Å². The molecule has 0 aliphatic heterocycles. The van der Waals surface area contributed by atoms with E-state index in [1.54, 1.807) is 25.1 Å². The number of amides is 2. The Morgan fingerprint density at radius 3 is 2.50 bits per heavy atom. The quantitative estimate of drug-likeness (QED) is 0.698. The van der Waals surface area contributed by atoms with Crippen molar-refractivity contribution in [1.82, 2.24) is 5.32 Å². The maximum absolute atomic E-state index is 12.3. The molecule has 0 aliphatic carbocycles. The minimum Gasteiger partial charge on any atom is -0.351 e. The first-order valence-corrected chi connectivity index (χ1v) is 8.01. The average Bonchev–Trinajstić information content (AvgIpc) is 2.47. The van der Waals surface area contributed by atoms with Gasteiger partial charge in [0.15, 0.2) is 12.6 Å². The standard InChI is InChI=1S/C15H21Cl2N3O2/c1-4-18-14(21)9-20(5-2)10(3)15(22)19-13-7-6-11(16)8-12(13)17/h6-8,10H,4-5,9H2,1-3H3,(H,18,21)(H,19,22)/p+1/t10-/m1/s1. The zero-order valence-corrected chi connectivity index (χ0v) is 14.5. The first-order chi connectivity index (χ1) is 10.4. The van der Waals surface area contributed by atoms with Crippen LogP contribution >= 0.6 is 23.2 Å². The molecule has 22 heavy (non-hydrogen) atoms. The molecule has 0 saturated heterocycles. The third-order valence-electron chi connectivity index (χ3n) is 3.41. The van der Waals surface area contributed by atoms with Gasteiger partial charge in [-0.2, -0.15) is 0 Å². The van der Waals surface area contributed by atoms with Crippen molar-refractivity contribution in [1.29, 1.82) is 0 Å². The molecular formula is C15H22Cl2N3O2+. The van der Waals surface area contributed by atoms with Crippen molar-refractivity contribution >= 4 is 40.7 Å². The van der Waals surface area contributed by atoms with E-state index in [0.717, 1.165) is 4.90 Å². The number of nitrogens with one attached hydrogen (secondary N) is 3. The Morgan fingerprint density at radius 1 is 1.27 bits per heavy atom. The fraction of sp³-hybridized carbons (Fsp3) is 0.467. The lowest BCUT2D eigenvalue weighted by molar-refractivity contribution is -0.904. The van der Waals surface area contributed by atoms with Gasteiger partial charge < -0.3 is 15.5 Å². The van der Waals surface area contributed by atoms with Gasteiger partial charge in [-0.05, 0) is 39.0 Å². The smallest absolute Gasteiger partial charge is 0.282 e. The number of benzene rings is 1. The Labute approximate surface area is 141 Å². The van der Waals surface area contributed by atoms with Crippen molar-refractivity contribution < 1.29 is 14.5 Å². The lowest BCUT2D eigenvalue weighted by atomic mass is 10.2. The molecule has 0 aliphatic rings. The topological polar surface area (TPSA) is 62.6 Å². The van der Waals surface area contributed by atoms with Crippen LogP contribution in [-0.4, -0.2) is 37.5 Å². The lowest BCUT2D eigenvalue weighted by Gasteiger charge is -2.23. The van der Waals surface area contributed by atoms with Crippen LogP contribution in [0.4, 0.5) is 5.69 Å². The van der Waals surface area contributed by atoms with Crippen molar-refractivity contribution in [2.24, 2.45) is 0 Å². The fourth-order valence-electron chi connectivity index (χ4n) is 2.07. The molecule has 0 radical (unpaired) electrons. The molecule has 0 spiro atoms. The molecule has 1 aromatic carbocycles. The number of halogens is 2. The van der Waals surface area contributed by atoms with Crippen LogP contribution in [0.25, 0.3) is 0 Å². The van der Waals surface area contributed by atoms with E-state index < -0.39 is 0 Å². The fourth-order valence-corrected chi connectivity index (χ4v) is 2.52. The van der Waals surface area contributed by atoms with Crippen LogP contribution in [0.5, 0.6) is 0 Å². The monoisotopic (exact) mass is 346 g/mol. The highest BCUT2D eigenvalue weighted by atomic mass is 35.5. The van der Waals surface area contributed by atoms with E-state index in [-0.39, 0.29) is 24.4 Å². The van der Waals surface area contributed by atoms with E-state index in [4.69, 9.17) is 23.2 Å². The van der Waals surface area contributed by atoms with Crippen molar-refractivity contribution in [2.45, 2.75) is 26.8 Å². The Kier molecular flexibility index (Phi) is 7.65. The van der Waals surface area contributed by atoms with Crippen molar-refractivity contribution in [3.05, 3.63) is 28.2 Å². The summed E-state index contributed by atoms with van der Waals surface area (Å²) in [6.45, 7) is 7.09. The number of rotatable bonds is 7. The second kappa shape index (κ2) is 8.98. The van der Waals surface area contributed by atoms with E-state index in [0.29, 0.717) is 28.8 Å². The predicted octanol–water partition coefficient (Wildman–Crippen LogP) is 1.36. The molecule has 1 unspecified atom stereocenters. The first kappa shape index (κ1) is 18.7. The second-order valence-corrected chi connectivity index (χ2v) is 5.82. The normalized spacial score (nSPS) is 13.3. The molecule has 0 fully saturated rings. The van der Waals surface area contributed by atoms with Gasteiger partial charge in [-0.3, -0.25) is 9.59 Å². The number of quaternary nitrogens is 1. The number of hydrogen-bond donors (Lipinski definition) is 3. The van der Waals surface area contributed by atoms with Crippen LogP contribution in [0.1, 0.15) is 20.8 Å². The van der Waals surface area contributed by atoms with E-state index in [1.165, 1.54) is 0 Å².